The number of aromatic amines is 1. The van der Waals surface area contributed by atoms with Gasteiger partial charge in [0.05, 0.1) is 18.0 Å². The van der Waals surface area contributed by atoms with E-state index in [1.165, 1.54) is 0 Å². The van der Waals surface area contributed by atoms with Gasteiger partial charge < -0.3 is 15.0 Å². The first-order chi connectivity index (χ1) is 7.90. The minimum absolute atomic E-state index is 0.731. The Labute approximate surface area is 98.7 Å². The van der Waals surface area contributed by atoms with Gasteiger partial charge in [-0.25, -0.2) is 4.98 Å². The lowest BCUT2D eigenvalue weighted by Crippen LogP contribution is -2.18. The van der Waals surface area contributed by atoms with E-state index in [2.05, 4.69) is 20.7 Å². The molecular weight excluding hydrogens is 222 g/mol. The summed E-state index contributed by atoms with van der Waals surface area (Å²) in [6.45, 7) is 2.39. The van der Waals surface area contributed by atoms with Crippen LogP contribution >= 0.6 is 11.3 Å². The molecule has 0 radical (unpaired) electrons. The smallest absolute Gasteiger partial charge is 0.107 e. The topological polar surface area (TPSA) is 49.9 Å². The van der Waals surface area contributed by atoms with Crippen LogP contribution in [0.4, 0.5) is 0 Å². The van der Waals surface area contributed by atoms with Crippen LogP contribution in [-0.2, 0) is 11.3 Å². The normalized spacial score (nSPS) is 10.8. The summed E-state index contributed by atoms with van der Waals surface area (Å²) < 4.78 is 4.96. The third-order valence-corrected chi connectivity index (χ3v) is 3.03. The van der Waals surface area contributed by atoms with Crippen LogP contribution in [0.25, 0.3) is 11.4 Å². The molecule has 16 heavy (non-hydrogen) atoms. The Hall–Kier alpha value is -1.17. The van der Waals surface area contributed by atoms with Crippen LogP contribution in [0.1, 0.15) is 5.01 Å². The van der Waals surface area contributed by atoms with E-state index in [4.69, 9.17) is 4.74 Å². The molecule has 2 aromatic heterocycles. The van der Waals surface area contributed by atoms with Crippen molar-refractivity contribution in [3.63, 3.8) is 0 Å². The molecule has 5 heteroatoms. The van der Waals surface area contributed by atoms with E-state index in [0.29, 0.717) is 0 Å². The van der Waals surface area contributed by atoms with Crippen LogP contribution in [0, 0.1) is 0 Å². The van der Waals surface area contributed by atoms with Gasteiger partial charge in [-0.2, -0.15) is 0 Å². The first kappa shape index (κ1) is 11.3. The number of hydrogen-bond donors (Lipinski definition) is 2. The molecule has 0 unspecified atom stereocenters. The quantitative estimate of drug-likeness (QED) is 0.754. The SMILES string of the molecule is COCCNCc1nc(-c2ccc[nH]2)cs1. The number of H-pyrrole nitrogens is 1. The van der Waals surface area contributed by atoms with Crippen molar-refractivity contribution in [2.75, 3.05) is 20.3 Å². The van der Waals surface area contributed by atoms with Crippen LogP contribution in [-0.4, -0.2) is 30.2 Å². The average Bonchev–Trinajstić information content (AvgIpc) is 2.94. The summed E-state index contributed by atoms with van der Waals surface area (Å²) in [7, 11) is 1.70. The number of hydrogen-bond acceptors (Lipinski definition) is 4. The summed E-state index contributed by atoms with van der Waals surface area (Å²) in [5, 5.41) is 6.44. The van der Waals surface area contributed by atoms with E-state index < -0.39 is 0 Å². The fraction of sp³-hybridized carbons (Fsp3) is 0.364. The van der Waals surface area contributed by atoms with E-state index >= 15 is 0 Å². The predicted octanol–water partition coefficient (Wildman–Crippen LogP) is 1.87. The third-order valence-electron chi connectivity index (χ3n) is 2.18. The van der Waals surface area contributed by atoms with Crippen LogP contribution in [0.15, 0.2) is 23.7 Å². The fourth-order valence-corrected chi connectivity index (χ4v) is 2.14. The zero-order valence-electron chi connectivity index (χ0n) is 9.19. The van der Waals surface area contributed by atoms with E-state index in [-0.39, 0.29) is 0 Å². The molecule has 0 aromatic carbocycles. The summed E-state index contributed by atoms with van der Waals surface area (Å²) in [6.07, 6.45) is 1.91. The van der Waals surface area contributed by atoms with E-state index in [9.17, 15) is 0 Å². The molecule has 0 atom stereocenters. The van der Waals surface area contributed by atoms with Crippen LogP contribution in [0.5, 0.6) is 0 Å². The van der Waals surface area contributed by atoms with Gasteiger partial charge in [0, 0.05) is 31.8 Å². The maximum Gasteiger partial charge on any atom is 0.107 e. The van der Waals surface area contributed by atoms with Crippen molar-refractivity contribution in [2.45, 2.75) is 6.54 Å². The first-order valence-corrected chi connectivity index (χ1v) is 6.06. The molecule has 2 heterocycles. The Morgan fingerprint density at radius 1 is 1.56 bits per heavy atom. The number of methoxy groups -OCH3 is 1. The maximum atomic E-state index is 4.96. The van der Waals surface area contributed by atoms with Crippen molar-refractivity contribution in [1.82, 2.24) is 15.3 Å². The number of thiazole rings is 1. The summed E-state index contributed by atoms with van der Waals surface area (Å²) >= 11 is 1.67. The fourth-order valence-electron chi connectivity index (χ4n) is 1.38. The third kappa shape index (κ3) is 2.91. The van der Waals surface area contributed by atoms with Gasteiger partial charge in [-0.15, -0.1) is 11.3 Å². The standard InChI is InChI=1S/C11H15N3OS/c1-15-6-5-12-7-11-14-10(8-16-11)9-3-2-4-13-9/h2-4,8,12-13H,5-7H2,1H3. The van der Waals surface area contributed by atoms with Crippen LogP contribution < -0.4 is 5.32 Å². The minimum Gasteiger partial charge on any atom is -0.383 e. The summed E-state index contributed by atoms with van der Waals surface area (Å²) in [4.78, 5) is 7.68. The molecule has 0 fully saturated rings. The Morgan fingerprint density at radius 2 is 2.50 bits per heavy atom. The van der Waals surface area contributed by atoms with Gasteiger partial charge in [-0.05, 0) is 12.1 Å². The largest absolute Gasteiger partial charge is 0.383 e. The van der Waals surface area contributed by atoms with Crippen molar-refractivity contribution in [3.05, 3.63) is 28.7 Å². The maximum absolute atomic E-state index is 4.96. The highest BCUT2D eigenvalue weighted by Gasteiger charge is 2.04. The highest BCUT2D eigenvalue weighted by atomic mass is 32.1. The van der Waals surface area contributed by atoms with E-state index in [1.54, 1.807) is 18.4 Å². The Balaban J connectivity index is 1.88. The first-order valence-electron chi connectivity index (χ1n) is 5.18. The highest BCUT2D eigenvalue weighted by molar-refractivity contribution is 7.09. The molecule has 0 saturated carbocycles. The molecule has 0 aliphatic carbocycles. The Kier molecular flexibility index (Phi) is 4.10. The van der Waals surface area contributed by atoms with E-state index in [1.807, 2.05) is 18.3 Å². The van der Waals surface area contributed by atoms with Gasteiger partial charge in [0.1, 0.15) is 5.01 Å². The molecule has 0 spiro atoms. The predicted molar refractivity (Wildman–Crippen MR) is 65.5 cm³/mol. The van der Waals surface area contributed by atoms with E-state index in [0.717, 1.165) is 36.1 Å². The van der Waals surface area contributed by atoms with Crippen molar-refractivity contribution >= 4 is 11.3 Å². The summed E-state index contributed by atoms with van der Waals surface area (Å²) in [5.74, 6) is 0. The van der Waals surface area contributed by atoms with Gasteiger partial charge >= 0.3 is 0 Å². The minimum atomic E-state index is 0.731. The average molecular weight is 237 g/mol. The molecule has 2 rings (SSSR count). The van der Waals surface area contributed by atoms with Gasteiger partial charge in [0.2, 0.25) is 0 Å². The molecule has 0 saturated heterocycles. The molecule has 2 aromatic rings. The lowest BCUT2D eigenvalue weighted by atomic mass is 10.3. The monoisotopic (exact) mass is 237 g/mol. The number of aromatic nitrogens is 2. The lowest BCUT2D eigenvalue weighted by Gasteiger charge is -2.00. The van der Waals surface area contributed by atoms with Crippen molar-refractivity contribution in [3.8, 4) is 11.4 Å². The molecular formula is C11H15N3OS. The molecule has 0 aliphatic rings. The van der Waals surface area contributed by atoms with Crippen LogP contribution in [0.2, 0.25) is 0 Å². The van der Waals surface area contributed by atoms with Gasteiger partial charge in [-0.3, -0.25) is 0 Å². The second kappa shape index (κ2) is 5.79. The molecule has 0 amide bonds. The number of rotatable bonds is 6. The molecule has 0 bridgehead atoms. The Morgan fingerprint density at radius 3 is 3.25 bits per heavy atom. The molecule has 0 aliphatic heterocycles. The number of ether oxygens (including phenoxy) is 1. The Bertz CT molecular complexity index is 411. The van der Waals surface area contributed by atoms with Gasteiger partial charge in [0.15, 0.2) is 0 Å². The zero-order valence-corrected chi connectivity index (χ0v) is 10.0. The second-order valence-electron chi connectivity index (χ2n) is 3.38. The van der Waals surface area contributed by atoms with Gasteiger partial charge in [-0.1, -0.05) is 0 Å². The molecule has 4 nitrogen and oxygen atoms in total. The lowest BCUT2D eigenvalue weighted by molar-refractivity contribution is 0.199. The highest BCUT2D eigenvalue weighted by Crippen LogP contribution is 2.19. The number of nitrogens with zero attached hydrogens (tertiary/aromatic N) is 1. The number of nitrogens with one attached hydrogen (secondary N) is 2. The molecule has 86 valence electrons. The van der Waals surface area contributed by atoms with Crippen LogP contribution in [0.3, 0.4) is 0 Å². The van der Waals surface area contributed by atoms with Crippen molar-refractivity contribution in [2.24, 2.45) is 0 Å². The van der Waals surface area contributed by atoms with Crippen molar-refractivity contribution in [1.29, 1.82) is 0 Å². The summed E-state index contributed by atoms with van der Waals surface area (Å²) in [6, 6.07) is 4.00. The zero-order chi connectivity index (χ0) is 11.2. The van der Waals surface area contributed by atoms with Gasteiger partial charge in [0.25, 0.3) is 0 Å². The second-order valence-corrected chi connectivity index (χ2v) is 4.32. The van der Waals surface area contributed by atoms with Crippen molar-refractivity contribution < 1.29 is 4.74 Å². The molecule has 2 N–H and O–H groups in total. The summed E-state index contributed by atoms with van der Waals surface area (Å²) in [5.41, 5.74) is 2.08.